The van der Waals surface area contributed by atoms with Gasteiger partial charge in [-0.05, 0) is 47.1 Å². The Balaban J connectivity index is 2.32. The van der Waals surface area contributed by atoms with Gasteiger partial charge in [-0.3, -0.25) is 4.72 Å². The van der Waals surface area contributed by atoms with E-state index in [1.807, 2.05) is 0 Å². The summed E-state index contributed by atoms with van der Waals surface area (Å²) in [6.07, 6.45) is 0. The maximum Gasteiger partial charge on any atom is 0.263 e. The molecule has 0 aliphatic carbocycles. The number of rotatable bonds is 5. The van der Waals surface area contributed by atoms with Crippen LogP contribution in [0, 0.1) is 6.92 Å². The molecule has 5 nitrogen and oxygen atoms in total. The third kappa shape index (κ3) is 3.57. The minimum absolute atomic E-state index is 0.264. The zero-order chi connectivity index (χ0) is 15.6. The fourth-order valence-corrected chi connectivity index (χ4v) is 4.94. The highest BCUT2D eigenvalue weighted by atomic mass is 79.9. The van der Waals surface area contributed by atoms with Crippen molar-refractivity contribution in [3.05, 3.63) is 38.5 Å². The number of benzene rings is 1. The van der Waals surface area contributed by atoms with Crippen LogP contribution < -0.4 is 15.2 Å². The number of anilines is 1. The largest absolute Gasteiger partial charge is 0.496 e. The van der Waals surface area contributed by atoms with Gasteiger partial charge in [0.2, 0.25) is 0 Å². The molecule has 114 valence electrons. The average molecular weight is 391 g/mol. The number of methoxy groups -OCH3 is 1. The molecule has 1 aromatic heterocycles. The van der Waals surface area contributed by atoms with Crippen LogP contribution in [0.15, 0.2) is 33.6 Å². The van der Waals surface area contributed by atoms with E-state index in [0.29, 0.717) is 22.5 Å². The Kier molecular flexibility index (Phi) is 4.92. The molecule has 2 rings (SSSR count). The predicted octanol–water partition coefficient (Wildman–Crippen LogP) is 3.09. The van der Waals surface area contributed by atoms with E-state index >= 15 is 0 Å². The minimum atomic E-state index is -3.63. The summed E-state index contributed by atoms with van der Waals surface area (Å²) >= 11 is 4.71. The van der Waals surface area contributed by atoms with Gasteiger partial charge in [-0.25, -0.2) is 8.42 Å². The van der Waals surface area contributed by atoms with Crippen molar-refractivity contribution in [2.24, 2.45) is 5.73 Å². The van der Waals surface area contributed by atoms with E-state index in [9.17, 15) is 8.42 Å². The molecule has 0 unspecified atom stereocenters. The highest BCUT2D eigenvalue weighted by Gasteiger charge is 2.20. The topological polar surface area (TPSA) is 81.4 Å². The molecule has 0 aliphatic heterocycles. The summed E-state index contributed by atoms with van der Waals surface area (Å²) in [6.45, 7) is 2.09. The van der Waals surface area contributed by atoms with Crippen LogP contribution in [0.1, 0.15) is 9.75 Å². The van der Waals surface area contributed by atoms with E-state index in [4.69, 9.17) is 10.5 Å². The molecular weight excluding hydrogens is 376 g/mol. The quantitative estimate of drug-likeness (QED) is 0.821. The van der Waals surface area contributed by atoms with Crippen molar-refractivity contribution in [3.63, 3.8) is 0 Å². The number of aryl methyl sites for hydroxylation is 1. The summed E-state index contributed by atoms with van der Waals surface area (Å²) in [5.74, 6) is 0.634. The van der Waals surface area contributed by atoms with Gasteiger partial charge in [-0.1, -0.05) is 0 Å². The van der Waals surface area contributed by atoms with Crippen molar-refractivity contribution in [2.75, 3.05) is 11.8 Å². The van der Waals surface area contributed by atoms with Crippen molar-refractivity contribution in [1.82, 2.24) is 0 Å². The lowest BCUT2D eigenvalue weighted by Gasteiger charge is -2.09. The van der Waals surface area contributed by atoms with Crippen LogP contribution in [0.4, 0.5) is 5.69 Å². The van der Waals surface area contributed by atoms with Gasteiger partial charge >= 0.3 is 0 Å². The summed E-state index contributed by atoms with van der Waals surface area (Å²) < 4.78 is 33.2. The maximum atomic E-state index is 12.4. The van der Waals surface area contributed by atoms with E-state index in [0.717, 1.165) is 9.75 Å². The first-order valence-electron chi connectivity index (χ1n) is 6.03. The molecule has 21 heavy (non-hydrogen) atoms. The number of sulfonamides is 1. The van der Waals surface area contributed by atoms with Gasteiger partial charge in [0.25, 0.3) is 10.0 Å². The second-order valence-corrected chi connectivity index (χ2v) is 8.14. The van der Waals surface area contributed by atoms with E-state index < -0.39 is 10.0 Å². The lowest BCUT2D eigenvalue weighted by molar-refractivity contribution is 0.412. The summed E-state index contributed by atoms with van der Waals surface area (Å²) in [6, 6.07) is 6.60. The number of nitrogens with two attached hydrogens (primary N) is 1. The van der Waals surface area contributed by atoms with Crippen LogP contribution in [0.5, 0.6) is 5.75 Å². The second-order valence-electron chi connectivity index (χ2n) is 4.29. The Morgan fingerprint density at radius 2 is 2.10 bits per heavy atom. The van der Waals surface area contributed by atoms with Gasteiger partial charge in [0, 0.05) is 16.3 Å². The van der Waals surface area contributed by atoms with Gasteiger partial charge in [-0.2, -0.15) is 0 Å². The molecule has 8 heteroatoms. The van der Waals surface area contributed by atoms with Crippen LogP contribution in [0.3, 0.4) is 0 Å². The molecule has 0 bridgehead atoms. The van der Waals surface area contributed by atoms with Crippen LogP contribution >= 0.6 is 27.3 Å². The Labute approximate surface area is 136 Å². The van der Waals surface area contributed by atoms with Crippen LogP contribution in [-0.4, -0.2) is 15.5 Å². The van der Waals surface area contributed by atoms with Gasteiger partial charge in [0.1, 0.15) is 10.6 Å². The highest BCUT2D eigenvalue weighted by molar-refractivity contribution is 9.10. The average Bonchev–Trinajstić information content (AvgIpc) is 2.81. The summed E-state index contributed by atoms with van der Waals surface area (Å²) in [7, 11) is -2.08. The third-order valence-electron chi connectivity index (χ3n) is 2.82. The molecule has 3 N–H and O–H groups in total. The molecular formula is C13H15BrN2O3S2. The number of thiophene rings is 1. The van der Waals surface area contributed by atoms with E-state index in [1.54, 1.807) is 38.3 Å². The first-order valence-corrected chi connectivity index (χ1v) is 9.12. The van der Waals surface area contributed by atoms with Crippen LogP contribution in [0.2, 0.25) is 0 Å². The van der Waals surface area contributed by atoms with Crippen molar-refractivity contribution in [1.29, 1.82) is 0 Å². The SMILES string of the molecule is COc1ccc(NS(=O)(=O)c2cc(CN)sc2C)cc1Br. The van der Waals surface area contributed by atoms with Gasteiger partial charge in [0.15, 0.2) is 0 Å². The number of hydrogen-bond donors (Lipinski definition) is 2. The molecule has 0 radical (unpaired) electrons. The molecule has 0 fully saturated rings. The standard InChI is InChI=1S/C13H15BrN2O3S2/c1-8-13(6-10(7-15)20-8)21(17,18)16-9-3-4-12(19-2)11(14)5-9/h3-6,16H,7,15H2,1-2H3. The maximum absolute atomic E-state index is 12.4. The molecule has 1 heterocycles. The minimum Gasteiger partial charge on any atom is -0.496 e. The lowest BCUT2D eigenvalue weighted by Crippen LogP contribution is -2.13. The van der Waals surface area contributed by atoms with Crippen LogP contribution in [0.25, 0.3) is 0 Å². The first-order chi connectivity index (χ1) is 9.87. The molecule has 0 spiro atoms. The number of ether oxygens (including phenoxy) is 1. The molecule has 0 saturated carbocycles. The number of hydrogen-bond acceptors (Lipinski definition) is 5. The molecule has 2 aromatic rings. The molecule has 0 amide bonds. The first kappa shape index (κ1) is 16.3. The van der Waals surface area contributed by atoms with Gasteiger partial charge < -0.3 is 10.5 Å². The van der Waals surface area contributed by atoms with Crippen molar-refractivity contribution >= 4 is 43.0 Å². The lowest BCUT2D eigenvalue weighted by atomic mass is 10.3. The smallest absolute Gasteiger partial charge is 0.263 e. The van der Waals surface area contributed by atoms with Crippen molar-refractivity contribution < 1.29 is 13.2 Å². The van der Waals surface area contributed by atoms with E-state index in [-0.39, 0.29) is 4.90 Å². The Hall–Kier alpha value is -1.09. The molecule has 0 atom stereocenters. The number of halogens is 1. The van der Waals surface area contributed by atoms with Crippen molar-refractivity contribution in [2.45, 2.75) is 18.4 Å². The zero-order valence-electron chi connectivity index (χ0n) is 11.5. The van der Waals surface area contributed by atoms with Gasteiger partial charge in [0.05, 0.1) is 17.3 Å². The zero-order valence-corrected chi connectivity index (χ0v) is 14.7. The highest BCUT2D eigenvalue weighted by Crippen LogP contribution is 2.31. The predicted molar refractivity (Wildman–Crippen MR) is 88.4 cm³/mol. The van der Waals surface area contributed by atoms with E-state index in [2.05, 4.69) is 20.7 Å². The van der Waals surface area contributed by atoms with Crippen LogP contribution in [-0.2, 0) is 16.6 Å². The Morgan fingerprint density at radius 3 is 2.62 bits per heavy atom. The van der Waals surface area contributed by atoms with E-state index in [1.165, 1.54) is 11.3 Å². The summed E-state index contributed by atoms with van der Waals surface area (Å²) in [5, 5.41) is 0. The Bertz CT molecular complexity index is 757. The molecule has 1 aromatic carbocycles. The third-order valence-corrected chi connectivity index (χ3v) is 6.15. The fourth-order valence-electron chi connectivity index (χ4n) is 1.83. The summed E-state index contributed by atoms with van der Waals surface area (Å²) in [5.41, 5.74) is 6.02. The van der Waals surface area contributed by atoms with Gasteiger partial charge in [-0.15, -0.1) is 11.3 Å². The molecule has 0 aliphatic rings. The second kappa shape index (κ2) is 6.35. The normalized spacial score (nSPS) is 11.4. The Morgan fingerprint density at radius 1 is 1.38 bits per heavy atom. The monoisotopic (exact) mass is 390 g/mol. The fraction of sp³-hybridized carbons (Fsp3) is 0.231. The van der Waals surface area contributed by atoms with Crippen molar-refractivity contribution in [3.8, 4) is 5.75 Å². The number of nitrogens with one attached hydrogen (secondary N) is 1. The summed E-state index contributed by atoms with van der Waals surface area (Å²) in [4.78, 5) is 1.82. The molecule has 0 saturated heterocycles.